The van der Waals surface area contributed by atoms with Crippen LogP contribution in [0.1, 0.15) is 26.3 Å². The van der Waals surface area contributed by atoms with Crippen molar-refractivity contribution in [3.63, 3.8) is 0 Å². The second-order valence-corrected chi connectivity index (χ2v) is 7.37. The zero-order valence-electron chi connectivity index (χ0n) is 12.3. The summed E-state index contributed by atoms with van der Waals surface area (Å²) in [5.74, 6) is 1.25. The Morgan fingerprint density at radius 2 is 1.86 bits per heavy atom. The number of ether oxygens (including phenoxy) is 1. The molecular weight excluding hydrogens is 284 g/mol. The predicted molar refractivity (Wildman–Crippen MR) is 86.2 cm³/mol. The van der Waals surface area contributed by atoms with Crippen LogP contribution in [0.25, 0.3) is 0 Å². The van der Waals surface area contributed by atoms with Crippen LogP contribution in [0.3, 0.4) is 0 Å². The molecule has 0 aliphatic rings. The van der Waals surface area contributed by atoms with Gasteiger partial charge in [-0.2, -0.15) is 0 Å². The molecule has 0 amide bonds. The molecule has 110 valence electrons. The lowest BCUT2D eigenvalue weighted by atomic mass is 10.3. The maximum atomic E-state index is 11.8. The lowest BCUT2D eigenvalue weighted by Gasteiger charge is -2.17. The van der Waals surface area contributed by atoms with Crippen LogP contribution in [0.4, 0.5) is 0 Å². The van der Waals surface area contributed by atoms with Gasteiger partial charge >= 0.3 is 0 Å². The smallest absolute Gasteiger partial charge is 0.219 e. The molecule has 1 atom stereocenters. The Balaban J connectivity index is 2.01. The summed E-state index contributed by atoms with van der Waals surface area (Å²) in [6, 6.07) is 13.0. The van der Waals surface area contributed by atoms with E-state index in [0.29, 0.717) is 5.88 Å². The highest BCUT2D eigenvalue weighted by molar-refractivity contribution is 7.91. The topological polar surface area (TPSA) is 57.5 Å². The van der Waals surface area contributed by atoms with Gasteiger partial charge in [-0.1, -0.05) is 22.6 Å². The zero-order valence-corrected chi connectivity index (χ0v) is 13.1. The SMILES string of the molecule is CC(C)(C)[S+]([O-])/N=C/c1ccc(Oc2ccccc2)nc1. The molecule has 0 fully saturated rings. The summed E-state index contributed by atoms with van der Waals surface area (Å²) >= 11 is -1.26. The molecule has 1 aromatic heterocycles. The van der Waals surface area contributed by atoms with E-state index in [1.165, 1.54) is 0 Å². The van der Waals surface area contributed by atoms with Crippen molar-refractivity contribution in [3.05, 3.63) is 54.2 Å². The third-order valence-corrected chi connectivity index (χ3v) is 3.89. The van der Waals surface area contributed by atoms with Crippen LogP contribution in [0.15, 0.2) is 53.1 Å². The van der Waals surface area contributed by atoms with Gasteiger partial charge in [0.05, 0.1) is 6.21 Å². The molecule has 2 aromatic rings. The Morgan fingerprint density at radius 1 is 1.14 bits per heavy atom. The molecule has 0 aliphatic carbocycles. The minimum absolute atomic E-state index is 0.361. The molecule has 0 spiro atoms. The van der Waals surface area contributed by atoms with Crippen molar-refractivity contribution in [1.29, 1.82) is 0 Å². The fraction of sp³-hybridized carbons (Fsp3) is 0.250. The van der Waals surface area contributed by atoms with E-state index in [2.05, 4.69) is 9.38 Å². The van der Waals surface area contributed by atoms with E-state index >= 15 is 0 Å². The van der Waals surface area contributed by atoms with Crippen LogP contribution in [0, 0.1) is 0 Å². The van der Waals surface area contributed by atoms with Gasteiger partial charge in [-0.25, -0.2) is 4.98 Å². The van der Waals surface area contributed by atoms with Gasteiger partial charge < -0.3 is 9.29 Å². The molecule has 0 radical (unpaired) electrons. The summed E-state index contributed by atoms with van der Waals surface area (Å²) in [6.07, 6.45) is 3.21. The van der Waals surface area contributed by atoms with E-state index in [0.717, 1.165) is 11.3 Å². The van der Waals surface area contributed by atoms with Crippen molar-refractivity contribution in [3.8, 4) is 11.6 Å². The quantitative estimate of drug-likeness (QED) is 0.638. The molecule has 0 bridgehead atoms. The average Bonchev–Trinajstić information content (AvgIpc) is 2.46. The predicted octanol–water partition coefficient (Wildman–Crippen LogP) is 3.76. The minimum Gasteiger partial charge on any atom is -0.591 e. The van der Waals surface area contributed by atoms with Crippen LogP contribution in [0.2, 0.25) is 0 Å². The number of benzene rings is 1. The van der Waals surface area contributed by atoms with E-state index in [4.69, 9.17) is 4.74 Å². The van der Waals surface area contributed by atoms with Gasteiger partial charge in [-0.05, 0) is 39.0 Å². The van der Waals surface area contributed by atoms with Crippen molar-refractivity contribution in [1.82, 2.24) is 4.98 Å². The molecule has 0 N–H and O–H groups in total. The monoisotopic (exact) mass is 302 g/mol. The van der Waals surface area contributed by atoms with E-state index in [1.807, 2.05) is 57.2 Å². The number of hydrogen-bond acceptors (Lipinski definition) is 4. The van der Waals surface area contributed by atoms with Crippen molar-refractivity contribution < 1.29 is 9.29 Å². The highest BCUT2D eigenvalue weighted by Gasteiger charge is 2.25. The third kappa shape index (κ3) is 4.88. The summed E-state index contributed by atoms with van der Waals surface area (Å²) in [7, 11) is 0. The fourth-order valence-corrected chi connectivity index (χ4v) is 1.94. The Labute approximate surface area is 128 Å². The molecule has 2 rings (SSSR count). The van der Waals surface area contributed by atoms with Crippen LogP contribution >= 0.6 is 0 Å². The molecule has 0 aliphatic heterocycles. The van der Waals surface area contributed by atoms with Gasteiger partial charge in [0, 0.05) is 17.8 Å². The normalized spacial score (nSPS) is 13.3. The summed E-state index contributed by atoms with van der Waals surface area (Å²) < 4.78 is 21.1. The molecule has 5 heteroatoms. The van der Waals surface area contributed by atoms with Gasteiger partial charge in [0.15, 0.2) is 0 Å². The summed E-state index contributed by atoms with van der Waals surface area (Å²) in [5.41, 5.74) is 0.785. The summed E-state index contributed by atoms with van der Waals surface area (Å²) in [6.45, 7) is 5.65. The Morgan fingerprint density at radius 3 is 2.43 bits per heavy atom. The van der Waals surface area contributed by atoms with Crippen LogP contribution < -0.4 is 4.74 Å². The molecule has 0 saturated heterocycles. The fourth-order valence-electron chi connectivity index (χ4n) is 1.40. The van der Waals surface area contributed by atoms with Crippen molar-refractivity contribution in [2.75, 3.05) is 0 Å². The maximum Gasteiger partial charge on any atom is 0.219 e. The second-order valence-electron chi connectivity index (χ2n) is 5.44. The number of rotatable bonds is 4. The van der Waals surface area contributed by atoms with Crippen molar-refractivity contribution in [2.45, 2.75) is 25.5 Å². The van der Waals surface area contributed by atoms with Crippen molar-refractivity contribution in [2.24, 2.45) is 4.40 Å². The Kier molecular flexibility index (Phi) is 4.98. The van der Waals surface area contributed by atoms with Gasteiger partial charge in [0.25, 0.3) is 0 Å². The highest BCUT2D eigenvalue weighted by atomic mass is 32.2. The lowest BCUT2D eigenvalue weighted by Crippen LogP contribution is -2.25. The maximum absolute atomic E-state index is 11.8. The third-order valence-electron chi connectivity index (χ3n) is 2.55. The van der Waals surface area contributed by atoms with Gasteiger partial charge in [0.2, 0.25) is 5.88 Å². The zero-order chi connectivity index (χ0) is 15.3. The lowest BCUT2D eigenvalue weighted by molar-refractivity contribution is 0.463. The Bertz CT molecular complexity index is 592. The molecule has 1 heterocycles. The first kappa shape index (κ1) is 15.5. The van der Waals surface area contributed by atoms with Crippen LogP contribution in [-0.2, 0) is 11.4 Å². The van der Waals surface area contributed by atoms with E-state index in [9.17, 15) is 4.55 Å². The first-order valence-corrected chi connectivity index (χ1v) is 7.71. The van der Waals surface area contributed by atoms with Gasteiger partial charge in [-0.3, -0.25) is 0 Å². The minimum atomic E-state index is -1.26. The number of nitrogens with zero attached hydrogens (tertiary/aromatic N) is 2. The van der Waals surface area contributed by atoms with Crippen LogP contribution in [-0.4, -0.2) is 20.5 Å². The number of aromatic nitrogens is 1. The molecule has 1 aromatic carbocycles. The largest absolute Gasteiger partial charge is 0.591 e. The number of hydrogen-bond donors (Lipinski definition) is 0. The standard InChI is InChI=1S/C16H18N2O2S/c1-16(2,3)21(19)18-12-13-9-10-15(17-11-13)20-14-7-5-4-6-8-14/h4-12H,1-3H3/b18-12+. The molecule has 4 nitrogen and oxygen atoms in total. The van der Waals surface area contributed by atoms with Crippen LogP contribution in [0.5, 0.6) is 11.6 Å². The van der Waals surface area contributed by atoms with E-state index in [-0.39, 0.29) is 4.75 Å². The molecule has 1 unspecified atom stereocenters. The van der Waals surface area contributed by atoms with E-state index < -0.39 is 11.4 Å². The molecular formula is C16H18N2O2S. The van der Waals surface area contributed by atoms with Crippen molar-refractivity contribution >= 4 is 17.6 Å². The van der Waals surface area contributed by atoms with Gasteiger partial charge in [-0.15, -0.1) is 0 Å². The average molecular weight is 302 g/mol. The Hall–Kier alpha value is -1.85. The highest BCUT2D eigenvalue weighted by Crippen LogP contribution is 2.19. The molecule has 0 saturated carbocycles. The van der Waals surface area contributed by atoms with E-state index in [1.54, 1.807) is 18.5 Å². The second kappa shape index (κ2) is 6.74. The number of pyridine rings is 1. The summed E-state index contributed by atoms with van der Waals surface area (Å²) in [5, 5.41) is 0. The number of para-hydroxylation sites is 1. The summed E-state index contributed by atoms with van der Waals surface area (Å²) in [4.78, 5) is 4.20. The first-order valence-electron chi connectivity index (χ1n) is 6.60. The first-order chi connectivity index (χ1) is 9.95. The molecule has 21 heavy (non-hydrogen) atoms. The van der Waals surface area contributed by atoms with Gasteiger partial charge in [0.1, 0.15) is 21.9 Å².